The number of nitrogens with zero attached hydrogens (tertiary/aromatic N) is 2. The first-order chi connectivity index (χ1) is 17.1. The molecule has 2 aromatic heterocycles. The zero-order valence-corrected chi connectivity index (χ0v) is 19.6. The molecule has 0 aliphatic carbocycles. The van der Waals surface area contributed by atoms with E-state index in [9.17, 15) is 9.90 Å². The van der Waals surface area contributed by atoms with Crippen LogP contribution in [0.1, 0.15) is 36.0 Å². The predicted molar refractivity (Wildman–Crippen MR) is 134 cm³/mol. The Bertz CT molecular complexity index is 1340. The van der Waals surface area contributed by atoms with Crippen molar-refractivity contribution in [3.05, 3.63) is 60.3 Å². The highest BCUT2D eigenvalue weighted by molar-refractivity contribution is 5.97. The topological polar surface area (TPSA) is 109 Å². The highest BCUT2D eigenvalue weighted by atomic mass is 16.5. The second-order valence-corrected chi connectivity index (χ2v) is 8.64. The van der Waals surface area contributed by atoms with E-state index in [4.69, 9.17) is 9.47 Å². The van der Waals surface area contributed by atoms with Crippen molar-refractivity contribution in [2.45, 2.75) is 31.8 Å². The van der Waals surface area contributed by atoms with E-state index in [-0.39, 0.29) is 17.8 Å². The van der Waals surface area contributed by atoms with E-state index in [1.807, 2.05) is 24.3 Å². The third kappa shape index (κ3) is 4.97. The fraction of sp³-hybridized carbons (Fsp3) is 0.296. The molecule has 180 valence electrons. The minimum atomic E-state index is -0.132. The molecule has 3 N–H and O–H groups in total. The number of amides is 1. The first kappa shape index (κ1) is 22.9. The van der Waals surface area contributed by atoms with Crippen molar-refractivity contribution < 1.29 is 19.4 Å². The first-order valence-corrected chi connectivity index (χ1v) is 11.8. The summed E-state index contributed by atoms with van der Waals surface area (Å²) in [4.78, 5) is 24.8. The summed E-state index contributed by atoms with van der Waals surface area (Å²) in [7, 11) is 1.57. The number of carbonyl (C=O) groups is 1. The van der Waals surface area contributed by atoms with Gasteiger partial charge >= 0.3 is 0 Å². The fourth-order valence-electron chi connectivity index (χ4n) is 4.43. The number of ether oxygens (including phenoxy) is 2. The maximum absolute atomic E-state index is 12.7. The van der Waals surface area contributed by atoms with Crippen molar-refractivity contribution in [2.75, 3.05) is 20.3 Å². The highest BCUT2D eigenvalue weighted by Gasteiger charge is 2.16. The van der Waals surface area contributed by atoms with E-state index in [1.165, 1.54) is 6.42 Å². The van der Waals surface area contributed by atoms with Gasteiger partial charge in [-0.1, -0.05) is 6.07 Å². The van der Waals surface area contributed by atoms with Gasteiger partial charge < -0.3 is 24.9 Å². The zero-order chi connectivity index (χ0) is 24.2. The lowest BCUT2D eigenvalue weighted by Crippen LogP contribution is -2.29. The van der Waals surface area contributed by atoms with Gasteiger partial charge in [0.2, 0.25) is 5.88 Å². The average molecular weight is 473 g/mol. The number of rotatable bonds is 7. The van der Waals surface area contributed by atoms with Gasteiger partial charge in [0.15, 0.2) is 0 Å². The van der Waals surface area contributed by atoms with Crippen molar-refractivity contribution in [3.63, 3.8) is 0 Å². The first-order valence-electron chi connectivity index (χ1n) is 11.8. The summed E-state index contributed by atoms with van der Waals surface area (Å²) >= 11 is 0. The van der Waals surface area contributed by atoms with Crippen LogP contribution < -0.4 is 10.1 Å². The van der Waals surface area contributed by atoms with Crippen LogP contribution in [-0.2, 0) is 4.74 Å². The average Bonchev–Trinajstić information content (AvgIpc) is 3.33. The smallest absolute Gasteiger partial charge is 0.251 e. The maximum Gasteiger partial charge on any atom is 0.251 e. The van der Waals surface area contributed by atoms with Gasteiger partial charge in [-0.25, -0.2) is 9.97 Å². The van der Waals surface area contributed by atoms with E-state index in [0.717, 1.165) is 37.0 Å². The standard InChI is InChI=1S/C27H28N4O4/c1-34-27-20(6-4-12-29-27)17-8-10-24(32)21(15-17)25-30-22-9-7-18(16-23(22)31-25)26(33)28-13-11-19-5-2-3-14-35-19/h4,6-10,12,15-16,19,32H,2-3,5,11,13-14H2,1H3,(H,28,33)(H,30,31). The number of fused-ring (bicyclic) bond motifs is 1. The number of nitrogens with one attached hydrogen (secondary N) is 2. The minimum absolute atomic E-state index is 0.0959. The van der Waals surface area contributed by atoms with Crippen LogP contribution in [0.25, 0.3) is 33.5 Å². The number of phenolic OH excluding ortho intramolecular Hbond substituents is 1. The maximum atomic E-state index is 12.7. The molecule has 1 aliphatic rings. The number of hydrogen-bond acceptors (Lipinski definition) is 6. The number of hydrogen-bond donors (Lipinski definition) is 3. The number of aromatic amines is 1. The van der Waals surface area contributed by atoms with Gasteiger partial charge in [0.1, 0.15) is 11.6 Å². The fourth-order valence-corrected chi connectivity index (χ4v) is 4.43. The molecular formula is C27H28N4O4. The van der Waals surface area contributed by atoms with Gasteiger partial charge in [0.25, 0.3) is 5.91 Å². The van der Waals surface area contributed by atoms with E-state index in [0.29, 0.717) is 40.4 Å². The van der Waals surface area contributed by atoms with E-state index in [1.54, 1.807) is 37.6 Å². The number of aromatic hydroxyl groups is 1. The van der Waals surface area contributed by atoms with Crippen LogP contribution in [0.2, 0.25) is 0 Å². The Morgan fingerprint density at radius 2 is 2.11 bits per heavy atom. The van der Waals surface area contributed by atoms with Crippen LogP contribution in [0.4, 0.5) is 0 Å². The van der Waals surface area contributed by atoms with Gasteiger partial charge in [-0.2, -0.15) is 0 Å². The number of aromatic nitrogens is 3. The molecule has 0 bridgehead atoms. The molecule has 8 heteroatoms. The lowest BCUT2D eigenvalue weighted by atomic mass is 10.0. The summed E-state index contributed by atoms with van der Waals surface area (Å²) in [6, 6.07) is 14.4. The number of H-pyrrole nitrogens is 1. The van der Waals surface area contributed by atoms with Crippen molar-refractivity contribution >= 4 is 16.9 Å². The van der Waals surface area contributed by atoms with Crippen LogP contribution in [0.3, 0.4) is 0 Å². The van der Waals surface area contributed by atoms with Gasteiger partial charge in [0, 0.05) is 30.5 Å². The van der Waals surface area contributed by atoms with Crippen molar-refractivity contribution in [1.29, 1.82) is 0 Å². The molecule has 4 aromatic rings. The number of imidazole rings is 1. The molecule has 35 heavy (non-hydrogen) atoms. The largest absolute Gasteiger partial charge is 0.507 e. The molecule has 2 aromatic carbocycles. The SMILES string of the molecule is COc1ncccc1-c1ccc(O)c(-c2nc3ccc(C(=O)NCCC4CCCCO4)cc3[nH]2)c1. The van der Waals surface area contributed by atoms with Crippen molar-refractivity contribution in [1.82, 2.24) is 20.3 Å². The number of pyridine rings is 1. The Morgan fingerprint density at radius 1 is 1.20 bits per heavy atom. The molecule has 5 rings (SSSR count). The molecule has 8 nitrogen and oxygen atoms in total. The molecule has 1 unspecified atom stereocenters. The van der Waals surface area contributed by atoms with Gasteiger partial charge in [-0.15, -0.1) is 0 Å². The Labute approximate surface area is 203 Å². The minimum Gasteiger partial charge on any atom is -0.507 e. The second kappa shape index (κ2) is 10.1. The summed E-state index contributed by atoms with van der Waals surface area (Å²) in [5.41, 5.74) is 4.16. The Hall–Kier alpha value is -3.91. The molecule has 0 spiro atoms. The normalized spacial score (nSPS) is 15.7. The Morgan fingerprint density at radius 3 is 2.94 bits per heavy atom. The molecule has 3 heterocycles. The van der Waals surface area contributed by atoms with Crippen LogP contribution in [0, 0.1) is 0 Å². The van der Waals surface area contributed by atoms with Crippen molar-refractivity contribution in [3.8, 4) is 34.1 Å². The predicted octanol–water partition coefficient (Wildman–Crippen LogP) is 4.70. The van der Waals surface area contributed by atoms with Gasteiger partial charge in [-0.05, 0) is 73.7 Å². The summed E-state index contributed by atoms with van der Waals surface area (Å²) in [5.74, 6) is 0.972. The molecule has 0 saturated carbocycles. The summed E-state index contributed by atoms with van der Waals surface area (Å²) in [6.45, 7) is 1.39. The third-order valence-corrected chi connectivity index (χ3v) is 6.30. The van der Waals surface area contributed by atoms with Gasteiger partial charge in [-0.3, -0.25) is 4.79 Å². The van der Waals surface area contributed by atoms with Crippen molar-refractivity contribution in [2.24, 2.45) is 0 Å². The quantitative estimate of drug-likeness (QED) is 0.360. The van der Waals surface area contributed by atoms with E-state index >= 15 is 0 Å². The summed E-state index contributed by atoms with van der Waals surface area (Å²) < 4.78 is 11.1. The zero-order valence-electron chi connectivity index (χ0n) is 19.6. The molecule has 1 amide bonds. The molecule has 1 atom stereocenters. The summed E-state index contributed by atoms with van der Waals surface area (Å²) in [6.07, 6.45) is 6.08. The lowest BCUT2D eigenvalue weighted by molar-refractivity contribution is 0.0117. The monoisotopic (exact) mass is 472 g/mol. The molecule has 1 saturated heterocycles. The molecule has 1 fully saturated rings. The number of methoxy groups -OCH3 is 1. The molecular weight excluding hydrogens is 444 g/mol. The van der Waals surface area contributed by atoms with Crippen LogP contribution in [0.15, 0.2) is 54.7 Å². The lowest BCUT2D eigenvalue weighted by Gasteiger charge is -2.22. The summed E-state index contributed by atoms with van der Waals surface area (Å²) in [5, 5.41) is 13.5. The number of phenols is 1. The Kier molecular flexibility index (Phi) is 6.63. The third-order valence-electron chi connectivity index (χ3n) is 6.30. The second-order valence-electron chi connectivity index (χ2n) is 8.64. The molecule has 0 radical (unpaired) electrons. The number of carbonyl (C=O) groups excluding carboxylic acids is 1. The van der Waals surface area contributed by atoms with Crippen LogP contribution in [0.5, 0.6) is 11.6 Å². The van der Waals surface area contributed by atoms with Gasteiger partial charge in [0.05, 0.1) is 29.8 Å². The molecule has 1 aliphatic heterocycles. The van der Waals surface area contributed by atoms with Crippen LogP contribution in [-0.4, -0.2) is 52.3 Å². The number of benzene rings is 2. The van der Waals surface area contributed by atoms with Crippen LogP contribution >= 0.6 is 0 Å². The highest BCUT2D eigenvalue weighted by Crippen LogP contribution is 2.35. The van der Waals surface area contributed by atoms with E-state index < -0.39 is 0 Å². The van der Waals surface area contributed by atoms with E-state index in [2.05, 4.69) is 20.3 Å². The Balaban J connectivity index is 1.36.